The third kappa shape index (κ3) is 2.67. The Kier molecular flexibility index (Phi) is 3.80. The van der Waals surface area contributed by atoms with Crippen molar-refractivity contribution < 1.29 is 4.39 Å². The molecule has 0 aliphatic rings. The highest BCUT2D eigenvalue weighted by Crippen LogP contribution is 2.13. The van der Waals surface area contributed by atoms with Crippen LogP contribution in [0.1, 0.15) is 11.1 Å². The van der Waals surface area contributed by atoms with Gasteiger partial charge in [0.2, 0.25) is 0 Å². The van der Waals surface area contributed by atoms with Gasteiger partial charge in [0.15, 0.2) is 0 Å². The molecule has 5 nitrogen and oxygen atoms in total. The fraction of sp³-hybridized carbons (Fsp3) is 0.214. The Balaban J connectivity index is 2.37. The van der Waals surface area contributed by atoms with Gasteiger partial charge in [-0.05, 0) is 6.07 Å². The minimum absolute atomic E-state index is 0.00606. The molecule has 0 saturated heterocycles. The second-order valence-electron chi connectivity index (χ2n) is 4.49. The first-order chi connectivity index (χ1) is 9.52. The van der Waals surface area contributed by atoms with E-state index in [0.29, 0.717) is 5.69 Å². The number of hydrogen-bond donors (Lipinski definition) is 0. The molecular weight excluding hydrogens is 259 g/mol. The predicted octanol–water partition coefficient (Wildman–Crippen LogP) is 1.37. The van der Waals surface area contributed by atoms with Crippen LogP contribution in [-0.4, -0.2) is 23.9 Å². The second kappa shape index (κ2) is 5.53. The van der Waals surface area contributed by atoms with E-state index in [1.54, 1.807) is 31.1 Å². The predicted molar refractivity (Wildman–Crippen MR) is 73.0 cm³/mol. The summed E-state index contributed by atoms with van der Waals surface area (Å²) in [7, 11) is 3.60. The number of anilines is 1. The number of aromatic nitrogens is 2. The van der Waals surface area contributed by atoms with Crippen LogP contribution in [0.15, 0.2) is 35.3 Å². The van der Waals surface area contributed by atoms with E-state index in [0.717, 1.165) is 4.68 Å². The summed E-state index contributed by atoms with van der Waals surface area (Å²) >= 11 is 0. The molecule has 1 aromatic carbocycles. The quantitative estimate of drug-likeness (QED) is 0.846. The van der Waals surface area contributed by atoms with Gasteiger partial charge in [-0.15, -0.1) is 0 Å². The number of nitrogens with zero attached hydrogens (tertiary/aromatic N) is 4. The molecule has 0 radical (unpaired) electrons. The maximum atomic E-state index is 13.9. The molecular formula is C14H13FN4O. The van der Waals surface area contributed by atoms with E-state index in [-0.39, 0.29) is 23.2 Å². The first kappa shape index (κ1) is 13.7. The monoisotopic (exact) mass is 272 g/mol. The lowest BCUT2D eigenvalue weighted by atomic mass is 10.1. The zero-order valence-electron chi connectivity index (χ0n) is 11.2. The summed E-state index contributed by atoms with van der Waals surface area (Å²) in [4.78, 5) is 13.7. The van der Waals surface area contributed by atoms with Crippen LogP contribution in [-0.2, 0) is 6.54 Å². The smallest absolute Gasteiger partial charge is 0.269 e. The first-order valence-corrected chi connectivity index (χ1v) is 5.95. The zero-order chi connectivity index (χ0) is 14.7. The Morgan fingerprint density at radius 1 is 1.45 bits per heavy atom. The van der Waals surface area contributed by atoms with Gasteiger partial charge in [-0.25, -0.2) is 9.07 Å². The van der Waals surface area contributed by atoms with Gasteiger partial charge in [0.25, 0.3) is 5.56 Å². The average molecular weight is 272 g/mol. The molecule has 0 spiro atoms. The van der Waals surface area contributed by atoms with Gasteiger partial charge in [0.05, 0.1) is 24.0 Å². The van der Waals surface area contributed by atoms with E-state index < -0.39 is 5.82 Å². The summed E-state index contributed by atoms with van der Waals surface area (Å²) in [6.07, 6.45) is 1.54. The normalized spacial score (nSPS) is 10.1. The van der Waals surface area contributed by atoms with E-state index >= 15 is 0 Å². The third-order valence-corrected chi connectivity index (χ3v) is 2.89. The molecule has 1 heterocycles. The molecule has 0 fully saturated rings. The highest BCUT2D eigenvalue weighted by Gasteiger charge is 2.10. The van der Waals surface area contributed by atoms with E-state index in [2.05, 4.69) is 5.10 Å². The van der Waals surface area contributed by atoms with Crippen LogP contribution in [0.2, 0.25) is 0 Å². The molecule has 6 heteroatoms. The van der Waals surface area contributed by atoms with Gasteiger partial charge >= 0.3 is 0 Å². The minimum atomic E-state index is -0.611. The average Bonchev–Trinajstić information content (AvgIpc) is 2.43. The van der Waals surface area contributed by atoms with Crippen LogP contribution < -0.4 is 10.5 Å². The molecule has 0 N–H and O–H groups in total. The Morgan fingerprint density at radius 2 is 2.20 bits per heavy atom. The van der Waals surface area contributed by atoms with Crippen molar-refractivity contribution in [2.24, 2.45) is 0 Å². The maximum absolute atomic E-state index is 13.9. The van der Waals surface area contributed by atoms with Crippen molar-refractivity contribution in [3.05, 3.63) is 57.8 Å². The second-order valence-corrected chi connectivity index (χ2v) is 4.49. The number of rotatable bonds is 3. The third-order valence-electron chi connectivity index (χ3n) is 2.89. The van der Waals surface area contributed by atoms with Crippen LogP contribution in [0, 0.1) is 17.1 Å². The highest BCUT2D eigenvalue weighted by molar-refractivity contribution is 5.40. The lowest BCUT2D eigenvalue weighted by molar-refractivity contribution is 0.569. The number of halogens is 1. The topological polar surface area (TPSA) is 61.9 Å². The first-order valence-electron chi connectivity index (χ1n) is 5.95. The minimum Gasteiger partial charge on any atom is -0.376 e. The fourth-order valence-electron chi connectivity index (χ4n) is 1.74. The number of benzene rings is 1. The molecule has 102 valence electrons. The van der Waals surface area contributed by atoms with Gasteiger partial charge in [-0.3, -0.25) is 4.79 Å². The SMILES string of the molecule is CN(C)c1cnn(Cc2cccc(C#N)c2F)c(=O)c1. The van der Waals surface area contributed by atoms with Crippen molar-refractivity contribution in [3.63, 3.8) is 0 Å². The fourth-order valence-corrected chi connectivity index (χ4v) is 1.74. The molecule has 0 bridgehead atoms. The van der Waals surface area contributed by atoms with Gasteiger partial charge in [0, 0.05) is 25.7 Å². The summed E-state index contributed by atoms with van der Waals surface area (Å²) in [6, 6.07) is 7.70. The number of nitriles is 1. The summed E-state index contributed by atoms with van der Waals surface area (Å²) in [5, 5.41) is 12.8. The highest BCUT2D eigenvalue weighted by atomic mass is 19.1. The molecule has 0 amide bonds. The molecule has 2 rings (SSSR count). The lowest BCUT2D eigenvalue weighted by Gasteiger charge is -2.12. The molecule has 2 aromatic rings. The molecule has 0 atom stereocenters. The van der Waals surface area contributed by atoms with E-state index in [1.165, 1.54) is 24.4 Å². The summed E-state index contributed by atoms with van der Waals surface area (Å²) in [5.74, 6) is -0.611. The molecule has 0 saturated carbocycles. The van der Waals surface area contributed by atoms with Crippen molar-refractivity contribution >= 4 is 5.69 Å². The van der Waals surface area contributed by atoms with Gasteiger partial charge in [-0.1, -0.05) is 12.1 Å². The van der Waals surface area contributed by atoms with Crippen molar-refractivity contribution in [1.82, 2.24) is 9.78 Å². The van der Waals surface area contributed by atoms with E-state index in [1.807, 2.05) is 0 Å². The summed E-state index contributed by atoms with van der Waals surface area (Å²) in [5.41, 5.74) is 0.576. The Labute approximate surface area is 115 Å². The van der Waals surface area contributed by atoms with Crippen molar-refractivity contribution in [2.75, 3.05) is 19.0 Å². The van der Waals surface area contributed by atoms with E-state index in [9.17, 15) is 9.18 Å². The van der Waals surface area contributed by atoms with Crippen molar-refractivity contribution in [2.45, 2.75) is 6.54 Å². The molecule has 20 heavy (non-hydrogen) atoms. The summed E-state index contributed by atoms with van der Waals surface area (Å²) in [6.45, 7) is -0.00606. The summed E-state index contributed by atoms with van der Waals surface area (Å²) < 4.78 is 15.1. The molecule has 0 aliphatic carbocycles. The van der Waals surface area contributed by atoms with Crippen LogP contribution in [0.4, 0.5) is 10.1 Å². The van der Waals surface area contributed by atoms with Gasteiger partial charge in [0.1, 0.15) is 11.9 Å². The van der Waals surface area contributed by atoms with Crippen LogP contribution in [0.25, 0.3) is 0 Å². The van der Waals surface area contributed by atoms with Crippen LogP contribution >= 0.6 is 0 Å². The molecule has 1 aromatic heterocycles. The zero-order valence-corrected chi connectivity index (χ0v) is 11.2. The lowest BCUT2D eigenvalue weighted by Crippen LogP contribution is -2.25. The van der Waals surface area contributed by atoms with Gasteiger partial charge in [-0.2, -0.15) is 10.4 Å². The maximum Gasteiger partial charge on any atom is 0.269 e. The standard InChI is InChI=1S/C14H13FN4O/c1-18(2)12-6-13(20)19(17-8-12)9-11-5-3-4-10(7-16)14(11)15/h3-6,8H,9H2,1-2H3. The van der Waals surface area contributed by atoms with Crippen molar-refractivity contribution in [3.8, 4) is 6.07 Å². The van der Waals surface area contributed by atoms with Crippen molar-refractivity contribution in [1.29, 1.82) is 5.26 Å². The Bertz CT molecular complexity index is 731. The molecule has 0 unspecified atom stereocenters. The number of hydrogen-bond acceptors (Lipinski definition) is 4. The molecule has 0 aliphatic heterocycles. The Hall–Kier alpha value is -2.68. The Morgan fingerprint density at radius 3 is 2.80 bits per heavy atom. The van der Waals surface area contributed by atoms with Crippen LogP contribution in [0.3, 0.4) is 0 Å². The van der Waals surface area contributed by atoms with Gasteiger partial charge < -0.3 is 4.90 Å². The van der Waals surface area contributed by atoms with Crippen LogP contribution in [0.5, 0.6) is 0 Å². The largest absolute Gasteiger partial charge is 0.376 e. The van der Waals surface area contributed by atoms with E-state index in [4.69, 9.17) is 5.26 Å².